The van der Waals surface area contributed by atoms with E-state index in [1.54, 1.807) is 12.1 Å². The maximum Gasteiger partial charge on any atom is 0.269 e. The van der Waals surface area contributed by atoms with Gasteiger partial charge in [-0.15, -0.1) is 11.8 Å². The monoisotopic (exact) mass is 296 g/mol. The number of hydrogen-bond acceptors (Lipinski definition) is 5. The van der Waals surface area contributed by atoms with Gasteiger partial charge in [0.15, 0.2) is 0 Å². The molecule has 0 spiro atoms. The fraction of sp³-hybridized carbons (Fsp3) is 0.462. The molecular weight excluding hydrogens is 280 g/mol. The Bertz CT molecular complexity index is 500. The molecule has 1 aromatic carbocycles. The summed E-state index contributed by atoms with van der Waals surface area (Å²) in [5.41, 5.74) is -0.681. The van der Waals surface area contributed by atoms with Crippen LogP contribution in [0.15, 0.2) is 29.2 Å². The number of aliphatic hydroxyl groups is 1. The number of carbonyl (C=O) groups excluding carboxylic acids is 1. The van der Waals surface area contributed by atoms with Gasteiger partial charge in [-0.1, -0.05) is 0 Å². The topological polar surface area (TPSA) is 92.5 Å². The summed E-state index contributed by atoms with van der Waals surface area (Å²) >= 11 is 1.31. The molecule has 0 aliphatic heterocycles. The third kappa shape index (κ3) is 3.94. The van der Waals surface area contributed by atoms with Crippen LogP contribution < -0.4 is 5.32 Å². The van der Waals surface area contributed by atoms with Crippen LogP contribution in [0.2, 0.25) is 0 Å². The highest BCUT2D eigenvalue weighted by molar-refractivity contribution is 8.00. The van der Waals surface area contributed by atoms with Crippen LogP contribution in [0.25, 0.3) is 0 Å². The first-order valence-corrected chi connectivity index (χ1v) is 7.33. The van der Waals surface area contributed by atoms with Crippen molar-refractivity contribution in [3.05, 3.63) is 34.4 Å². The van der Waals surface area contributed by atoms with Gasteiger partial charge >= 0.3 is 0 Å². The van der Waals surface area contributed by atoms with Crippen molar-refractivity contribution in [3.63, 3.8) is 0 Å². The van der Waals surface area contributed by atoms with Gasteiger partial charge in [-0.2, -0.15) is 0 Å². The van der Waals surface area contributed by atoms with Crippen molar-refractivity contribution in [2.75, 3.05) is 12.3 Å². The maximum absolute atomic E-state index is 11.6. The fourth-order valence-corrected chi connectivity index (χ4v) is 2.62. The molecule has 108 valence electrons. The minimum absolute atomic E-state index is 0.0333. The molecule has 1 aliphatic rings. The first kappa shape index (κ1) is 14.8. The summed E-state index contributed by atoms with van der Waals surface area (Å²) in [5.74, 6) is 0.0853. The highest BCUT2D eigenvalue weighted by atomic mass is 32.2. The SMILES string of the molecule is O=C(CSc1ccc([N+](=O)[O-])cc1)NCC1(O)CCC1. The Morgan fingerprint density at radius 2 is 2.05 bits per heavy atom. The zero-order chi connectivity index (χ0) is 14.6. The Kier molecular flexibility index (Phi) is 4.61. The van der Waals surface area contributed by atoms with Crippen molar-refractivity contribution in [1.29, 1.82) is 0 Å². The predicted octanol–water partition coefficient (Wildman–Crippen LogP) is 1.72. The first-order valence-electron chi connectivity index (χ1n) is 6.35. The van der Waals surface area contributed by atoms with Gasteiger partial charge in [0.05, 0.1) is 16.3 Å². The average Bonchev–Trinajstić information content (AvgIpc) is 2.41. The third-order valence-electron chi connectivity index (χ3n) is 3.32. The van der Waals surface area contributed by atoms with E-state index in [1.165, 1.54) is 23.9 Å². The molecule has 1 fully saturated rings. The second-order valence-corrected chi connectivity index (χ2v) is 5.94. The molecule has 2 N–H and O–H groups in total. The van der Waals surface area contributed by atoms with E-state index in [0.717, 1.165) is 24.2 Å². The molecule has 1 aliphatic carbocycles. The molecule has 1 amide bonds. The minimum Gasteiger partial charge on any atom is -0.388 e. The molecule has 0 radical (unpaired) electrons. The molecule has 1 saturated carbocycles. The molecule has 0 aromatic heterocycles. The van der Waals surface area contributed by atoms with E-state index in [4.69, 9.17) is 0 Å². The van der Waals surface area contributed by atoms with Crippen LogP contribution in [0.3, 0.4) is 0 Å². The number of non-ortho nitro benzene ring substituents is 1. The summed E-state index contributed by atoms with van der Waals surface area (Å²) in [6.07, 6.45) is 2.48. The summed E-state index contributed by atoms with van der Waals surface area (Å²) in [4.78, 5) is 22.5. The summed E-state index contributed by atoms with van der Waals surface area (Å²) in [5, 5.41) is 23.1. The van der Waals surface area contributed by atoms with E-state index < -0.39 is 10.5 Å². The van der Waals surface area contributed by atoms with Gasteiger partial charge in [-0.25, -0.2) is 0 Å². The van der Waals surface area contributed by atoms with Crippen molar-refractivity contribution >= 4 is 23.4 Å². The lowest BCUT2D eigenvalue weighted by Gasteiger charge is -2.36. The number of nitro benzene ring substituents is 1. The van der Waals surface area contributed by atoms with Crippen molar-refractivity contribution < 1.29 is 14.8 Å². The van der Waals surface area contributed by atoms with Crippen molar-refractivity contribution in [1.82, 2.24) is 5.32 Å². The van der Waals surface area contributed by atoms with Crippen LogP contribution >= 0.6 is 11.8 Å². The van der Waals surface area contributed by atoms with Gasteiger partial charge in [-0.3, -0.25) is 14.9 Å². The Hall–Kier alpha value is -1.60. The predicted molar refractivity (Wildman–Crippen MR) is 75.6 cm³/mol. The van der Waals surface area contributed by atoms with E-state index in [1.807, 2.05) is 0 Å². The molecule has 7 heteroatoms. The Balaban J connectivity index is 1.73. The van der Waals surface area contributed by atoms with E-state index in [-0.39, 0.29) is 17.3 Å². The number of carbonyl (C=O) groups is 1. The number of hydrogen-bond donors (Lipinski definition) is 2. The zero-order valence-electron chi connectivity index (χ0n) is 10.9. The lowest BCUT2D eigenvalue weighted by molar-refractivity contribution is -0.384. The molecule has 0 heterocycles. The van der Waals surface area contributed by atoms with Gasteiger partial charge in [0.2, 0.25) is 5.91 Å². The summed E-state index contributed by atoms with van der Waals surface area (Å²) < 4.78 is 0. The lowest BCUT2D eigenvalue weighted by Crippen LogP contribution is -2.48. The van der Waals surface area contributed by atoms with E-state index >= 15 is 0 Å². The number of thioether (sulfide) groups is 1. The van der Waals surface area contributed by atoms with Crippen molar-refractivity contribution in [2.45, 2.75) is 29.8 Å². The Labute approximate surface area is 120 Å². The molecular formula is C13H16N2O4S. The molecule has 0 bridgehead atoms. The number of nitrogens with one attached hydrogen (secondary N) is 1. The van der Waals surface area contributed by atoms with Crippen LogP contribution in [0.5, 0.6) is 0 Å². The van der Waals surface area contributed by atoms with E-state index in [9.17, 15) is 20.0 Å². The second kappa shape index (κ2) is 6.23. The van der Waals surface area contributed by atoms with Gasteiger partial charge < -0.3 is 10.4 Å². The fourth-order valence-electron chi connectivity index (χ4n) is 1.89. The van der Waals surface area contributed by atoms with Crippen molar-refractivity contribution in [3.8, 4) is 0 Å². The third-order valence-corrected chi connectivity index (χ3v) is 4.33. The Morgan fingerprint density at radius 1 is 1.40 bits per heavy atom. The molecule has 0 atom stereocenters. The molecule has 0 saturated heterocycles. The van der Waals surface area contributed by atoms with E-state index in [2.05, 4.69) is 5.32 Å². The quantitative estimate of drug-likeness (QED) is 0.473. The number of nitro groups is 1. The molecule has 0 unspecified atom stereocenters. The van der Waals surface area contributed by atoms with Gasteiger partial charge in [0.1, 0.15) is 0 Å². The first-order chi connectivity index (χ1) is 9.48. The van der Waals surface area contributed by atoms with Crippen LogP contribution in [-0.2, 0) is 4.79 Å². The molecule has 1 aromatic rings. The van der Waals surface area contributed by atoms with Gasteiger partial charge in [-0.05, 0) is 31.4 Å². The number of rotatable bonds is 6. The van der Waals surface area contributed by atoms with E-state index in [0.29, 0.717) is 6.54 Å². The highest BCUT2D eigenvalue weighted by Gasteiger charge is 2.34. The smallest absolute Gasteiger partial charge is 0.269 e. The minimum atomic E-state index is -0.715. The number of amides is 1. The zero-order valence-corrected chi connectivity index (χ0v) is 11.7. The molecule has 6 nitrogen and oxygen atoms in total. The molecule has 20 heavy (non-hydrogen) atoms. The maximum atomic E-state index is 11.6. The highest BCUT2D eigenvalue weighted by Crippen LogP contribution is 2.30. The largest absolute Gasteiger partial charge is 0.388 e. The standard InChI is InChI=1S/C13H16N2O4S/c16-12(14-9-13(17)6-1-7-13)8-20-11-4-2-10(3-5-11)15(18)19/h2-5,17H,1,6-9H2,(H,14,16). The van der Waals surface area contributed by atoms with Gasteiger partial charge in [0, 0.05) is 23.6 Å². The summed E-state index contributed by atoms with van der Waals surface area (Å²) in [6, 6.07) is 6.07. The summed E-state index contributed by atoms with van der Waals surface area (Å²) in [6.45, 7) is 0.298. The van der Waals surface area contributed by atoms with Gasteiger partial charge in [0.25, 0.3) is 5.69 Å². The second-order valence-electron chi connectivity index (χ2n) is 4.89. The summed E-state index contributed by atoms with van der Waals surface area (Å²) in [7, 11) is 0. The average molecular weight is 296 g/mol. The molecule has 2 rings (SSSR count). The van der Waals surface area contributed by atoms with Crippen LogP contribution in [-0.4, -0.2) is 33.8 Å². The van der Waals surface area contributed by atoms with Crippen molar-refractivity contribution in [2.24, 2.45) is 0 Å². The Morgan fingerprint density at radius 3 is 2.55 bits per heavy atom. The van der Waals surface area contributed by atoms with Crippen LogP contribution in [0, 0.1) is 10.1 Å². The number of benzene rings is 1. The number of nitrogens with zero attached hydrogens (tertiary/aromatic N) is 1. The van der Waals surface area contributed by atoms with Crippen LogP contribution in [0.1, 0.15) is 19.3 Å². The lowest BCUT2D eigenvalue weighted by atomic mass is 9.80. The van der Waals surface area contributed by atoms with Crippen LogP contribution in [0.4, 0.5) is 5.69 Å². The normalized spacial score (nSPS) is 16.2.